The predicted octanol–water partition coefficient (Wildman–Crippen LogP) is 6.25. The molecule has 1 atom stereocenters. The van der Waals surface area contributed by atoms with Gasteiger partial charge in [0.2, 0.25) is 0 Å². The van der Waals surface area contributed by atoms with Crippen LogP contribution in [0.1, 0.15) is 31.4 Å². The molecule has 1 saturated heterocycles. The highest BCUT2D eigenvalue weighted by atomic mass is 32.2. The second kappa shape index (κ2) is 8.76. The van der Waals surface area contributed by atoms with Gasteiger partial charge in [-0.1, -0.05) is 61.5 Å². The molecule has 0 saturated carbocycles. The Bertz CT molecular complexity index is 1140. The summed E-state index contributed by atoms with van der Waals surface area (Å²) in [6, 6.07) is 21.9. The van der Waals surface area contributed by atoms with Gasteiger partial charge in [-0.15, -0.1) is 0 Å². The van der Waals surface area contributed by atoms with Crippen molar-refractivity contribution in [3.05, 3.63) is 82.8 Å². The number of amides is 2. The van der Waals surface area contributed by atoms with Gasteiger partial charge in [0, 0.05) is 11.6 Å². The molecule has 3 aromatic rings. The van der Waals surface area contributed by atoms with Crippen molar-refractivity contribution in [2.75, 3.05) is 0 Å². The molecule has 1 aliphatic heterocycles. The third-order valence-electron chi connectivity index (χ3n) is 5.27. The Labute approximate surface area is 180 Å². The van der Waals surface area contributed by atoms with E-state index in [2.05, 4.69) is 30.3 Å². The van der Waals surface area contributed by atoms with Crippen molar-refractivity contribution < 1.29 is 14.3 Å². The maximum atomic E-state index is 12.7. The molecule has 152 valence electrons. The number of hydrogen-bond donors (Lipinski definition) is 0. The molecule has 0 aromatic heterocycles. The first-order valence-corrected chi connectivity index (χ1v) is 10.8. The first kappa shape index (κ1) is 20.2. The van der Waals surface area contributed by atoms with Crippen molar-refractivity contribution >= 4 is 39.8 Å². The van der Waals surface area contributed by atoms with Gasteiger partial charge in [0.05, 0.1) is 4.91 Å². The number of para-hydroxylation sites is 1. The number of imide groups is 1. The normalized spacial score (nSPS) is 16.5. The Morgan fingerprint density at radius 1 is 1.00 bits per heavy atom. The zero-order valence-electron chi connectivity index (χ0n) is 17.0. The lowest BCUT2D eigenvalue weighted by atomic mass is 10.1. The van der Waals surface area contributed by atoms with Crippen molar-refractivity contribution in [2.45, 2.75) is 32.9 Å². The van der Waals surface area contributed by atoms with Crippen LogP contribution in [0, 0.1) is 0 Å². The standard InChI is InChI=1S/C25H23NO3S/c1-3-17(2)26-24(27)23(30-25(26)28)15-21-10-6-7-11-22(21)29-16-18-12-13-19-8-4-5-9-20(19)14-18/h4-15,17H,3,16H2,1-2H3/b23-15+/t17-/m0/s1. The van der Waals surface area contributed by atoms with Crippen LogP contribution in [-0.4, -0.2) is 22.1 Å². The molecule has 0 unspecified atom stereocenters. The number of ether oxygens (including phenoxy) is 1. The van der Waals surface area contributed by atoms with Crippen LogP contribution in [0.3, 0.4) is 0 Å². The summed E-state index contributed by atoms with van der Waals surface area (Å²) in [5.41, 5.74) is 1.86. The molecule has 5 heteroatoms. The van der Waals surface area contributed by atoms with Gasteiger partial charge >= 0.3 is 0 Å². The molecule has 4 nitrogen and oxygen atoms in total. The molecule has 1 heterocycles. The molecule has 0 aliphatic carbocycles. The molecule has 2 amide bonds. The van der Waals surface area contributed by atoms with Crippen molar-refractivity contribution in [2.24, 2.45) is 0 Å². The maximum Gasteiger partial charge on any atom is 0.293 e. The highest BCUT2D eigenvalue weighted by Crippen LogP contribution is 2.35. The number of hydrogen-bond acceptors (Lipinski definition) is 4. The number of benzene rings is 3. The summed E-state index contributed by atoms with van der Waals surface area (Å²) in [6.45, 7) is 4.28. The summed E-state index contributed by atoms with van der Waals surface area (Å²) < 4.78 is 6.08. The van der Waals surface area contributed by atoms with Crippen molar-refractivity contribution in [3.8, 4) is 5.75 Å². The Hall–Kier alpha value is -3.05. The van der Waals surface area contributed by atoms with Gasteiger partial charge < -0.3 is 4.74 Å². The lowest BCUT2D eigenvalue weighted by Gasteiger charge is -2.19. The lowest BCUT2D eigenvalue weighted by Crippen LogP contribution is -2.36. The monoisotopic (exact) mass is 417 g/mol. The minimum Gasteiger partial charge on any atom is -0.488 e. The Kier molecular flexibility index (Phi) is 5.91. The summed E-state index contributed by atoms with van der Waals surface area (Å²) in [4.78, 5) is 26.8. The summed E-state index contributed by atoms with van der Waals surface area (Å²) in [7, 11) is 0. The van der Waals surface area contributed by atoms with Gasteiger partial charge in [0.25, 0.3) is 11.1 Å². The Balaban J connectivity index is 1.54. The topological polar surface area (TPSA) is 46.6 Å². The van der Waals surface area contributed by atoms with Crippen LogP contribution < -0.4 is 4.74 Å². The molecule has 30 heavy (non-hydrogen) atoms. The lowest BCUT2D eigenvalue weighted by molar-refractivity contribution is -0.124. The van der Waals surface area contributed by atoms with E-state index in [1.165, 1.54) is 15.7 Å². The second-order valence-electron chi connectivity index (χ2n) is 7.32. The molecule has 3 aromatic carbocycles. The van der Waals surface area contributed by atoms with Crippen LogP contribution in [0.15, 0.2) is 71.6 Å². The fourth-order valence-corrected chi connectivity index (χ4v) is 4.33. The van der Waals surface area contributed by atoms with E-state index in [-0.39, 0.29) is 17.2 Å². The molecule has 0 spiro atoms. The second-order valence-corrected chi connectivity index (χ2v) is 8.31. The SMILES string of the molecule is CC[C@H](C)N1C(=O)S/C(=C/c2ccccc2OCc2ccc3ccccc3c2)C1=O. The minimum atomic E-state index is -0.233. The third-order valence-corrected chi connectivity index (χ3v) is 6.15. The first-order chi connectivity index (χ1) is 14.6. The van der Waals surface area contributed by atoms with Crippen molar-refractivity contribution in [1.29, 1.82) is 0 Å². The van der Waals surface area contributed by atoms with Crippen LogP contribution in [0.5, 0.6) is 5.75 Å². The molecular formula is C25H23NO3S. The number of fused-ring (bicyclic) bond motifs is 1. The van der Waals surface area contributed by atoms with E-state index in [1.54, 1.807) is 6.08 Å². The number of thioether (sulfide) groups is 1. The van der Waals surface area contributed by atoms with Gasteiger partial charge in [0.15, 0.2) is 0 Å². The number of carbonyl (C=O) groups is 2. The van der Waals surface area contributed by atoms with Crippen LogP contribution in [0.4, 0.5) is 4.79 Å². The van der Waals surface area contributed by atoms with E-state index in [9.17, 15) is 9.59 Å². The Morgan fingerprint density at radius 2 is 1.73 bits per heavy atom. The zero-order valence-corrected chi connectivity index (χ0v) is 17.8. The summed E-state index contributed by atoms with van der Waals surface area (Å²) in [5, 5.41) is 2.15. The van der Waals surface area contributed by atoms with Gasteiger partial charge in [-0.05, 0) is 59.7 Å². The number of nitrogens with zero attached hydrogens (tertiary/aromatic N) is 1. The van der Waals surface area contributed by atoms with Crippen LogP contribution in [0.2, 0.25) is 0 Å². The van der Waals surface area contributed by atoms with Gasteiger partial charge in [-0.25, -0.2) is 0 Å². The first-order valence-electron chi connectivity index (χ1n) is 10.0. The van der Waals surface area contributed by atoms with E-state index >= 15 is 0 Å². The quantitative estimate of drug-likeness (QED) is 0.445. The van der Waals surface area contributed by atoms with E-state index in [1.807, 2.05) is 50.2 Å². The van der Waals surface area contributed by atoms with Crippen LogP contribution >= 0.6 is 11.8 Å². The molecule has 0 radical (unpaired) electrons. The molecule has 4 rings (SSSR count). The minimum absolute atomic E-state index is 0.109. The van der Waals surface area contributed by atoms with E-state index in [0.29, 0.717) is 17.3 Å². The van der Waals surface area contributed by atoms with E-state index in [4.69, 9.17) is 4.74 Å². The summed E-state index contributed by atoms with van der Waals surface area (Å²) in [5.74, 6) is 0.449. The molecule has 0 bridgehead atoms. The third kappa shape index (κ3) is 4.12. The number of carbonyl (C=O) groups excluding carboxylic acids is 2. The summed E-state index contributed by atoms with van der Waals surface area (Å²) >= 11 is 0.988. The highest BCUT2D eigenvalue weighted by Gasteiger charge is 2.37. The maximum absolute atomic E-state index is 12.7. The average Bonchev–Trinajstić information content (AvgIpc) is 3.05. The molecule has 1 aliphatic rings. The highest BCUT2D eigenvalue weighted by molar-refractivity contribution is 8.18. The fourth-order valence-electron chi connectivity index (χ4n) is 3.40. The van der Waals surface area contributed by atoms with Gasteiger partial charge in [-0.2, -0.15) is 0 Å². The van der Waals surface area contributed by atoms with E-state index < -0.39 is 0 Å². The van der Waals surface area contributed by atoms with Crippen molar-refractivity contribution in [3.63, 3.8) is 0 Å². The number of rotatable bonds is 6. The van der Waals surface area contributed by atoms with Crippen LogP contribution in [0.25, 0.3) is 16.8 Å². The van der Waals surface area contributed by atoms with Crippen molar-refractivity contribution in [1.82, 2.24) is 4.90 Å². The smallest absolute Gasteiger partial charge is 0.293 e. The Morgan fingerprint density at radius 3 is 2.53 bits per heavy atom. The van der Waals surface area contributed by atoms with Gasteiger partial charge in [-0.3, -0.25) is 14.5 Å². The fraction of sp³-hybridized carbons (Fsp3) is 0.200. The summed E-state index contributed by atoms with van der Waals surface area (Å²) in [6.07, 6.45) is 2.49. The average molecular weight is 418 g/mol. The molecule has 0 N–H and O–H groups in total. The van der Waals surface area contributed by atoms with E-state index in [0.717, 1.165) is 29.3 Å². The predicted molar refractivity (Wildman–Crippen MR) is 122 cm³/mol. The zero-order chi connectivity index (χ0) is 21.1. The largest absolute Gasteiger partial charge is 0.488 e. The molecule has 1 fully saturated rings. The van der Waals surface area contributed by atoms with Crippen LogP contribution in [-0.2, 0) is 11.4 Å². The molecular weight excluding hydrogens is 394 g/mol. The van der Waals surface area contributed by atoms with Gasteiger partial charge in [0.1, 0.15) is 12.4 Å².